The number of nitro benzene ring substituents is 1. The minimum absolute atomic E-state index is 0.0333. The Balaban J connectivity index is 2.46. The van der Waals surface area contributed by atoms with E-state index in [1.165, 1.54) is 17.0 Å². The van der Waals surface area contributed by atoms with E-state index < -0.39 is 33.4 Å². The molecule has 10 nitrogen and oxygen atoms in total. The maximum atomic E-state index is 13.4. The van der Waals surface area contributed by atoms with Crippen molar-refractivity contribution in [2.45, 2.75) is 40.3 Å². The first-order chi connectivity index (χ1) is 15.8. The molecule has 2 rings (SSSR count). The zero-order chi connectivity index (χ0) is 25.6. The van der Waals surface area contributed by atoms with E-state index in [9.17, 15) is 28.1 Å². The standard InChI is InChI=1S/C23H30N4O6S/c1-6-24-23(29)18(4)25(14-19-10-7-16(2)8-11-19)22(28)15-26(34(5,32)33)21-13-20(27(30)31)12-9-17(21)3/h7-13,18H,6,14-15H2,1-5H3,(H,24,29)/t18-/m1/s1. The molecule has 34 heavy (non-hydrogen) atoms. The molecule has 0 saturated heterocycles. The Labute approximate surface area is 199 Å². The number of aryl methyl sites for hydroxylation is 2. The summed E-state index contributed by atoms with van der Waals surface area (Å²) in [5.74, 6) is -0.990. The predicted molar refractivity (Wildman–Crippen MR) is 130 cm³/mol. The molecular formula is C23H30N4O6S. The summed E-state index contributed by atoms with van der Waals surface area (Å²) in [5.41, 5.74) is 1.99. The van der Waals surface area contributed by atoms with Gasteiger partial charge in [0.05, 0.1) is 16.9 Å². The van der Waals surface area contributed by atoms with E-state index in [-0.39, 0.29) is 23.8 Å². The van der Waals surface area contributed by atoms with Gasteiger partial charge in [-0.05, 0) is 38.8 Å². The van der Waals surface area contributed by atoms with Crippen LogP contribution in [-0.2, 0) is 26.2 Å². The lowest BCUT2D eigenvalue weighted by atomic mass is 10.1. The summed E-state index contributed by atoms with van der Waals surface area (Å²) in [6.07, 6.45) is 0.927. The fourth-order valence-corrected chi connectivity index (χ4v) is 4.27. The SMILES string of the molecule is CCNC(=O)[C@@H](C)N(Cc1ccc(C)cc1)C(=O)CN(c1cc([N+](=O)[O-])ccc1C)S(C)(=O)=O. The number of nitrogens with zero attached hydrogens (tertiary/aromatic N) is 3. The highest BCUT2D eigenvalue weighted by atomic mass is 32.2. The number of hydrogen-bond acceptors (Lipinski definition) is 6. The van der Waals surface area contributed by atoms with Crippen molar-refractivity contribution < 1.29 is 22.9 Å². The first-order valence-electron chi connectivity index (χ1n) is 10.7. The molecule has 0 heterocycles. The molecule has 0 spiro atoms. The van der Waals surface area contributed by atoms with Crippen LogP contribution >= 0.6 is 0 Å². The Hall–Kier alpha value is -3.47. The van der Waals surface area contributed by atoms with Gasteiger partial charge in [-0.1, -0.05) is 35.9 Å². The van der Waals surface area contributed by atoms with Crippen molar-refractivity contribution in [3.8, 4) is 0 Å². The van der Waals surface area contributed by atoms with Gasteiger partial charge < -0.3 is 10.2 Å². The van der Waals surface area contributed by atoms with Gasteiger partial charge >= 0.3 is 0 Å². The van der Waals surface area contributed by atoms with Crippen LogP contribution in [0.15, 0.2) is 42.5 Å². The smallest absolute Gasteiger partial charge is 0.271 e. The number of carbonyl (C=O) groups is 2. The van der Waals surface area contributed by atoms with Crippen molar-refractivity contribution in [3.63, 3.8) is 0 Å². The molecule has 2 aromatic rings. The summed E-state index contributed by atoms with van der Waals surface area (Å²) in [6, 6.07) is 10.4. The molecule has 1 atom stereocenters. The Morgan fingerprint density at radius 3 is 2.26 bits per heavy atom. The Kier molecular flexibility index (Phi) is 8.74. The molecule has 1 N–H and O–H groups in total. The number of amides is 2. The molecule has 0 bridgehead atoms. The first-order valence-corrected chi connectivity index (χ1v) is 12.6. The van der Waals surface area contributed by atoms with Gasteiger partial charge in [-0.3, -0.25) is 24.0 Å². The molecule has 0 aliphatic rings. The van der Waals surface area contributed by atoms with Crippen LogP contribution in [-0.4, -0.2) is 55.4 Å². The van der Waals surface area contributed by atoms with Gasteiger partial charge in [-0.25, -0.2) is 8.42 Å². The Morgan fingerprint density at radius 1 is 1.12 bits per heavy atom. The van der Waals surface area contributed by atoms with Gasteiger partial charge in [0.1, 0.15) is 12.6 Å². The van der Waals surface area contributed by atoms with Crippen LogP contribution in [0.1, 0.15) is 30.5 Å². The number of nitro groups is 1. The highest BCUT2D eigenvalue weighted by molar-refractivity contribution is 7.92. The fraction of sp³-hybridized carbons (Fsp3) is 0.391. The lowest BCUT2D eigenvalue weighted by Crippen LogP contribution is -2.51. The molecule has 184 valence electrons. The number of rotatable bonds is 10. The Bertz CT molecular complexity index is 1160. The zero-order valence-electron chi connectivity index (χ0n) is 19.9. The van der Waals surface area contributed by atoms with E-state index in [4.69, 9.17) is 0 Å². The lowest BCUT2D eigenvalue weighted by Gasteiger charge is -2.31. The monoisotopic (exact) mass is 490 g/mol. The number of likely N-dealkylation sites (N-methyl/N-ethyl adjacent to an activating group) is 1. The largest absolute Gasteiger partial charge is 0.355 e. The van der Waals surface area contributed by atoms with Gasteiger partial charge in [-0.2, -0.15) is 0 Å². The lowest BCUT2D eigenvalue weighted by molar-refractivity contribution is -0.384. The molecular weight excluding hydrogens is 460 g/mol. The maximum Gasteiger partial charge on any atom is 0.271 e. The molecule has 0 aliphatic heterocycles. The molecule has 0 radical (unpaired) electrons. The van der Waals surface area contributed by atoms with E-state index in [0.29, 0.717) is 12.1 Å². The van der Waals surface area contributed by atoms with Gasteiger partial charge in [0.2, 0.25) is 21.8 Å². The zero-order valence-corrected chi connectivity index (χ0v) is 20.8. The topological polar surface area (TPSA) is 130 Å². The van der Waals surface area contributed by atoms with Crippen molar-refractivity contribution in [1.82, 2.24) is 10.2 Å². The first kappa shape index (κ1) is 26.8. The van der Waals surface area contributed by atoms with Crippen LogP contribution in [0, 0.1) is 24.0 Å². The number of anilines is 1. The van der Waals surface area contributed by atoms with Crippen molar-refractivity contribution >= 4 is 33.2 Å². The molecule has 0 aromatic heterocycles. The highest BCUT2D eigenvalue weighted by Gasteiger charge is 2.31. The van der Waals surface area contributed by atoms with Crippen LogP contribution in [0.2, 0.25) is 0 Å². The number of benzene rings is 2. The number of hydrogen-bond donors (Lipinski definition) is 1. The van der Waals surface area contributed by atoms with Crippen molar-refractivity contribution in [1.29, 1.82) is 0 Å². The number of non-ortho nitro benzene ring substituents is 1. The molecule has 2 amide bonds. The second-order valence-corrected chi connectivity index (χ2v) is 9.98. The molecule has 11 heteroatoms. The van der Waals surface area contributed by atoms with Crippen molar-refractivity contribution in [2.75, 3.05) is 23.7 Å². The van der Waals surface area contributed by atoms with Crippen LogP contribution in [0.4, 0.5) is 11.4 Å². The summed E-state index contributed by atoms with van der Waals surface area (Å²) in [6.45, 7) is 6.70. The van der Waals surface area contributed by atoms with Crippen LogP contribution in [0.5, 0.6) is 0 Å². The van der Waals surface area contributed by atoms with E-state index in [1.807, 2.05) is 31.2 Å². The van der Waals surface area contributed by atoms with E-state index >= 15 is 0 Å². The highest BCUT2D eigenvalue weighted by Crippen LogP contribution is 2.28. The van der Waals surface area contributed by atoms with E-state index in [1.54, 1.807) is 20.8 Å². The molecule has 0 saturated carbocycles. The average Bonchev–Trinajstić information content (AvgIpc) is 2.76. The summed E-state index contributed by atoms with van der Waals surface area (Å²) >= 11 is 0. The van der Waals surface area contributed by atoms with Crippen molar-refractivity contribution in [3.05, 3.63) is 69.3 Å². The number of carbonyl (C=O) groups excluding carboxylic acids is 2. The minimum Gasteiger partial charge on any atom is -0.355 e. The minimum atomic E-state index is -3.98. The molecule has 0 unspecified atom stereocenters. The van der Waals surface area contributed by atoms with Crippen LogP contribution in [0.3, 0.4) is 0 Å². The third-order valence-electron chi connectivity index (χ3n) is 5.34. The maximum absolute atomic E-state index is 13.4. The van der Waals surface area contributed by atoms with Crippen LogP contribution in [0.25, 0.3) is 0 Å². The predicted octanol–water partition coefficient (Wildman–Crippen LogP) is 2.53. The summed E-state index contributed by atoms with van der Waals surface area (Å²) in [4.78, 5) is 37.9. The molecule has 0 aliphatic carbocycles. The third-order valence-corrected chi connectivity index (χ3v) is 6.47. The number of sulfonamides is 1. The fourth-order valence-electron chi connectivity index (χ4n) is 3.37. The molecule has 0 fully saturated rings. The average molecular weight is 491 g/mol. The van der Waals surface area contributed by atoms with Crippen LogP contribution < -0.4 is 9.62 Å². The third kappa shape index (κ3) is 6.77. The summed E-state index contributed by atoms with van der Waals surface area (Å²) in [7, 11) is -3.98. The van der Waals surface area contributed by atoms with E-state index in [2.05, 4.69) is 5.32 Å². The summed E-state index contributed by atoms with van der Waals surface area (Å²) < 4.78 is 26.1. The van der Waals surface area contributed by atoms with E-state index in [0.717, 1.165) is 27.8 Å². The van der Waals surface area contributed by atoms with Gasteiger partial charge in [0.15, 0.2) is 0 Å². The van der Waals surface area contributed by atoms with Gasteiger partial charge in [0.25, 0.3) is 5.69 Å². The Morgan fingerprint density at radius 2 is 1.74 bits per heavy atom. The van der Waals surface area contributed by atoms with Crippen molar-refractivity contribution in [2.24, 2.45) is 0 Å². The second kappa shape index (κ2) is 11.1. The molecule has 2 aromatic carbocycles. The van der Waals surface area contributed by atoms with Gasteiger partial charge in [-0.15, -0.1) is 0 Å². The second-order valence-electron chi connectivity index (χ2n) is 8.08. The number of nitrogens with one attached hydrogen (secondary N) is 1. The quantitative estimate of drug-likeness (QED) is 0.402. The normalized spacial score (nSPS) is 12.0. The summed E-state index contributed by atoms with van der Waals surface area (Å²) in [5, 5.41) is 13.9. The van der Waals surface area contributed by atoms with Gasteiger partial charge in [0, 0.05) is 25.2 Å².